The molecule has 1 heterocycles. The van der Waals surface area contributed by atoms with Crippen LogP contribution < -0.4 is 10.1 Å². The molecule has 1 unspecified atom stereocenters. The summed E-state index contributed by atoms with van der Waals surface area (Å²) in [6.07, 6.45) is 0. The summed E-state index contributed by atoms with van der Waals surface area (Å²) in [5.41, 5.74) is 3.81. The summed E-state index contributed by atoms with van der Waals surface area (Å²) in [6.45, 7) is 7.35. The van der Waals surface area contributed by atoms with Gasteiger partial charge in [-0.1, -0.05) is 24.6 Å². The molecule has 1 aromatic carbocycles. The molecular formula is C16H21NOS. The smallest absolute Gasteiger partial charge is 0.124 e. The van der Waals surface area contributed by atoms with E-state index in [-0.39, 0.29) is 6.04 Å². The molecule has 0 fully saturated rings. The van der Waals surface area contributed by atoms with Crippen LogP contribution in [0.1, 0.15) is 34.5 Å². The molecule has 0 aliphatic heterocycles. The lowest BCUT2D eigenvalue weighted by Gasteiger charge is -2.21. The first-order chi connectivity index (χ1) is 9.17. The number of nitrogens with one attached hydrogen (secondary N) is 1. The summed E-state index contributed by atoms with van der Waals surface area (Å²) in [5.74, 6) is 0.946. The molecule has 0 aliphatic rings. The van der Waals surface area contributed by atoms with E-state index in [1.54, 1.807) is 18.4 Å². The van der Waals surface area contributed by atoms with E-state index in [0.717, 1.165) is 12.3 Å². The van der Waals surface area contributed by atoms with E-state index in [1.807, 2.05) is 0 Å². The molecule has 1 aromatic heterocycles. The Hall–Kier alpha value is -1.32. The maximum atomic E-state index is 5.53. The van der Waals surface area contributed by atoms with Crippen molar-refractivity contribution in [2.45, 2.75) is 26.8 Å². The van der Waals surface area contributed by atoms with Gasteiger partial charge in [0.2, 0.25) is 0 Å². The van der Waals surface area contributed by atoms with Crippen molar-refractivity contribution in [1.29, 1.82) is 0 Å². The van der Waals surface area contributed by atoms with Crippen LogP contribution in [-0.2, 0) is 0 Å². The summed E-state index contributed by atoms with van der Waals surface area (Å²) in [7, 11) is 1.73. The molecule has 0 spiro atoms. The fourth-order valence-corrected chi connectivity index (χ4v) is 3.11. The molecule has 0 saturated heterocycles. The standard InChI is InChI=1S/C16H21NOS/c1-5-17-16(13-8-9-19-12(13)3)14-10-11(2)6-7-15(14)18-4/h6-10,16-17H,5H2,1-4H3. The number of hydrogen-bond donors (Lipinski definition) is 1. The van der Waals surface area contributed by atoms with Gasteiger partial charge in [0.15, 0.2) is 0 Å². The van der Waals surface area contributed by atoms with Crippen molar-refractivity contribution in [2.24, 2.45) is 0 Å². The van der Waals surface area contributed by atoms with Crippen LogP contribution >= 0.6 is 11.3 Å². The monoisotopic (exact) mass is 275 g/mol. The summed E-state index contributed by atoms with van der Waals surface area (Å²) in [4.78, 5) is 1.36. The van der Waals surface area contributed by atoms with Gasteiger partial charge in [-0.25, -0.2) is 0 Å². The molecule has 0 amide bonds. The quantitative estimate of drug-likeness (QED) is 0.888. The lowest BCUT2D eigenvalue weighted by Crippen LogP contribution is -2.22. The third-order valence-electron chi connectivity index (χ3n) is 3.31. The molecule has 2 nitrogen and oxygen atoms in total. The van der Waals surface area contributed by atoms with Crippen molar-refractivity contribution in [3.8, 4) is 5.75 Å². The molecule has 19 heavy (non-hydrogen) atoms. The van der Waals surface area contributed by atoms with Crippen LogP contribution in [0.2, 0.25) is 0 Å². The van der Waals surface area contributed by atoms with Gasteiger partial charge < -0.3 is 10.1 Å². The minimum absolute atomic E-state index is 0.200. The Kier molecular flexibility index (Phi) is 4.61. The third kappa shape index (κ3) is 2.99. The largest absolute Gasteiger partial charge is 0.496 e. The lowest BCUT2D eigenvalue weighted by molar-refractivity contribution is 0.404. The molecule has 2 aromatic rings. The van der Waals surface area contributed by atoms with Crippen molar-refractivity contribution >= 4 is 11.3 Å². The minimum Gasteiger partial charge on any atom is -0.496 e. The average molecular weight is 275 g/mol. The zero-order chi connectivity index (χ0) is 13.8. The zero-order valence-corrected chi connectivity index (χ0v) is 12.8. The molecule has 1 N–H and O–H groups in total. The zero-order valence-electron chi connectivity index (χ0n) is 12.0. The maximum absolute atomic E-state index is 5.53. The highest BCUT2D eigenvalue weighted by molar-refractivity contribution is 7.10. The van der Waals surface area contributed by atoms with Crippen LogP contribution in [0.4, 0.5) is 0 Å². The first-order valence-electron chi connectivity index (χ1n) is 6.59. The van der Waals surface area contributed by atoms with E-state index in [2.05, 4.69) is 55.7 Å². The Morgan fingerprint density at radius 2 is 2.00 bits per heavy atom. The SMILES string of the molecule is CCNC(c1cc(C)ccc1OC)c1ccsc1C. The third-order valence-corrected chi connectivity index (χ3v) is 4.18. The Morgan fingerprint density at radius 3 is 2.58 bits per heavy atom. The predicted molar refractivity (Wildman–Crippen MR) is 82.3 cm³/mol. The van der Waals surface area contributed by atoms with Gasteiger partial charge in [-0.2, -0.15) is 0 Å². The summed E-state index contributed by atoms with van der Waals surface area (Å²) >= 11 is 1.79. The van der Waals surface area contributed by atoms with Crippen molar-refractivity contribution < 1.29 is 4.74 Å². The number of rotatable bonds is 5. The van der Waals surface area contributed by atoms with Gasteiger partial charge in [-0.3, -0.25) is 0 Å². The van der Waals surface area contributed by atoms with Gasteiger partial charge in [0.05, 0.1) is 13.2 Å². The van der Waals surface area contributed by atoms with Gasteiger partial charge in [0.1, 0.15) is 5.75 Å². The fourth-order valence-electron chi connectivity index (χ4n) is 2.37. The Labute approximate surface area is 119 Å². The van der Waals surface area contributed by atoms with E-state index < -0.39 is 0 Å². The first kappa shape index (κ1) is 14.1. The second-order valence-corrected chi connectivity index (χ2v) is 5.79. The number of ether oxygens (including phenoxy) is 1. The van der Waals surface area contributed by atoms with E-state index in [0.29, 0.717) is 0 Å². The summed E-state index contributed by atoms with van der Waals surface area (Å²) in [5, 5.41) is 5.72. The molecule has 0 aliphatic carbocycles. The van der Waals surface area contributed by atoms with E-state index in [4.69, 9.17) is 4.74 Å². The van der Waals surface area contributed by atoms with Crippen LogP contribution in [-0.4, -0.2) is 13.7 Å². The molecule has 0 radical (unpaired) electrons. The van der Waals surface area contributed by atoms with Crippen LogP contribution in [0.3, 0.4) is 0 Å². The van der Waals surface area contributed by atoms with Gasteiger partial charge in [0, 0.05) is 10.4 Å². The molecule has 1 atom stereocenters. The van der Waals surface area contributed by atoms with Crippen molar-refractivity contribution in [3.05, 3.63) is 51.2 Å². The highest BCUT2D eigenvalue weighted by Crippen LogP contribution is 2.34. The van der Waals surface area contributed by atoms with Gasteiger partial charge in [-0.05, 0) is 43.5 Å². The van der Waals surface area contributed by atoms with Crippen LogP contribution in [0.15, 0.2) is 29.6 Å². The Balaban J connectivity index is 2.50. The topological polar surface area (TPSA) is 21.3 Å². The predicted octanol–water partition coefficient (Wildman–Crippen LogP) is 4.07. The highest BCUT2D eigenvalue weighted by atomic mass is 32.1. The summed E-state index contributed by atoms with van der Waals surface area (Å²) in [6, 6.07) is 8.76. The van der Waals surface area contributed by atoms with Gasteiger partial charge in [0.25, 0.3) is 0 Å². The van der Waals surface area contributed by atoms with Crippen molar-refractivity contribution in [2.75, 3.05) is 13.7 Å². The Morgan fingerprint density at radius 1 is 1.21 bits per heavy atom. The summed E-state index contributed by atoms with van der Waals surface area (Å²) < 4.78 is 5.53. The number of methoxy groups -OCH3 is 1. The van der Waals surface area contributed by atoms with E-state index >= 15 is 0 Å². The molecule has 0 bridgehead atoms. The normalized spacial score (nSPS) is 12.4. The van der Waals surface area contributed by atoms with E-state index in [1.165, 1.54) is 21.6 Å². The number of benzene rings is 1. The van der Waals surface area contributed by atoms with Gasteiger partial charge in [-0.15, -0.1) is 11.3 Å². The van der Waals surface area contributed by atoms with Crippen LogP contribution in [0.5, 0.6) is 5.75 Å². The molecule has 0 saturated carbocycles. The lowest BCUT2D eigenvalue weighted by atomic mass is 9.97. The van der Waals surface area contributed by atoms with Gasteiger partial charge >= 0.3 is 0 Å². The maximum Gasteiger partial charge on any atom is 0.124 e. The molecule has 3 heteroatoms. The van der Waals surface area contributed by atoms with Crippen molar-refractivity contribution in [1.82, 2.24) is 5.32 Å². The van der Waals surface area contributed by atoms with E-state index in [9.17, 15) is 0 Å². The molecule has 102 valence electrons. The second kappa shape index (κ2) is 6.22. The van der Waals surface area contributed by atoms with Crippen LogP contribution in [0, 0.1) is 13.8 Å². The number of aryl methyl sites for hydroxylation is 2. The molecule has 2 rings (SSSR count). The Bertz CT molecular complexity index is 547. The second-order valence-electron chi connectivity index (χ2n) is 4.67. The number of thiophene rings is 1. The minimum atomic E-state index is 0.200. The highest BCUT2D eigenvalue weighted by Gasteiger charge is 2.19. The average Bonchev–Trinajstić information content (AvgIpc) is 2.82. The first-order valence-corrected chi connectivity index (χ1v) is 7.47. The fraction of sp³-hybridized carbons (Fsp3) is 0.375. The molecular weight excluding hydrogens is 254 g/mol. The van der Waals surface area contributed by atoms with Crippen LogP contribution in [0.25, 0.3) is 0 Å². The van der Waals surface area contributed by atoms with Crippen molar-refractivity contribution in [3.63, 3.8) is 0 Å². The number of hydrogen-bond acceptors (Lipinski definition) is 3.